The molecule has 6 aliphatic heterocycles. The van der Waals surface area contributed by atoms with Gasteiger partial charge in [-0.25, -0.2) is 8.78 Å². The third kappa shape index (κ3) is 27.9. The summed E-state index contributed by atoms with van der Waals surface area (Å²) in [5.74, 6) is 2.97. The zero-order valence-electron chi connectivity index (χ0n) is 88.8. The Kier molecular flexibility index (Phi) is 38.5. The van der Waals surface area contributed by atoms with Crippen LogP contribution in [0.5, 0.6) is 63.2 Å². The minimum atomic E-state index is -0.919. The molecular weight excluding hydrogens is 1880 g/mol. The van der Waals surface area contributed by atoms with Crippen LogP contribution in [0.15, 0.2) is 54.6 Å². The molecule has 7 aromatic carbocycles. The van der Waals surface area contributed by atoms with E-state index in [2.05, 4.69) is 34.6 Å². The molecule has 8 aliphatic carbocycles. The van der Waals surface area contributed by atoms with Gasteiger partial charge in [0.05, 0.1) is 63.6 Å². The molecule has 0 aromatic heterocycles. The van der Waals surface area contributed by atoms with Crippen LogP contribution in [-0.2, 0) is 38.7 Å². The van der Waals surface area contributed by atoms with Gasteiger partial charge in [-0.05, 0) is 396 Å². The Morgan fingerprint density at radius 2 is 0.425 bits per heavy atom. The van der Waals surface area contributed by atoms with Crippen LogP contribution in [-0.4, -0.2) is 63.6 Å². The molecule has 14 aliphatic rings. The SMILES string of the molecule is CC1CCC(C2CCC(COc3cc4c(c(F)c3F)OC(C)CC4)CC2)CC1.CC1CCC(C2CCC(COc3cc4c(c(F)c3F)OC(C)CC4)CC2)CC1.CC1CCC(C2CCC(COc3cc4c(c(F)c3F)OC(C)CC4)CC2)CC1.CC1CCC(COc2cc3c(c(F)c2F)OC(C)CC3)CC1.CC1CCC(COc2cc3c(c(F)c2F)OC(C)CC3)CC1.Cc1ccc2c(c1F)COc1c-2ccc(C)c1F.[HH].[HH].[HH].[HH].[HH].[HH].[HH].[HH]. The molecule has 0 saturated heterocycles. The summed E-state index contributed by atoms with van der Waals surface area (Å²) in [7, 11) is 0. The van der Waals surface area contributed by atoms with Crippen LogP contribution in [0.25, 0.3) is 11.1 Å². The van der Waals surface area contributed by atoms with Crippen LogP contribution < -0.4 is 52.1 Å². The van der Waals surface area contributed by atoms with Crippen LogP contribution in [0.4, 0.5) is 52.7 Å². The Hall–Kier alpha value is -8.50. The molecule has 0 spiro atoms. The minimum absolute atomic E-state index is 0. The quantitative estimate of drug-likeness (QED) is 0.0768. The van der Waals surface area contributed by atoms with Crippen molar-refractivity contribution in [3.05, 3.63) is 169 Å². The highest BCUT2D eigenvalue weighted by Crippen LogP contribution is 2.51. The Bertz CT molecular complexity index is 5060. The molecule has 5 unspecified atom stereocenters. The number of benzene rings is 7. The molecular formula is C123H178F12O11. The molecule has 820 valence electrons. The Morgan fingerprint density at radius 1 is 0.226 bits per heavy atom. The molecule has 0 amide bonds. The standard InChI is InChI=1S/3C24H34F2O2.2C18H24F2O2.C15H12F2O.8H2/c3*1-15-3-8-18(9-4-15)19-11-6-17(7-12-19)14-27-21-13-20-10-5-16(2)28-24(20)23(26)22(21)25;2*1-11-3-6-13(7-4-11)10-21-15-9-14-8-5-12(2)22-18(14)17(20)16(15)19;1-8-3-5-10-11-6-4-9(2)14(17)15(11)18-7-12(10)13(8)16;;;;;;;;/h3*13,15-19H,3-12,14H2,1-2H3;2*9,11-13H,3-8,10H2,1-2H3;3-6H,7H2,1-2H3;8*1H. The number of halogens is 12. The van der Waals surface area contributed by atoms with E-state index in [9.17, 15) is 52.7 Å². The highest BCUT2D eigenvalue weighted by Gasteiger charge is 2.40. The average Bonchev–Trinajstić information content (AvgIpc) is 0.769. The molecule has 146 heavy (non-hydrogen) atoms. The first-order chi connectivity index (χ1) is 70.2. The van der Waals surface area contributed by atoms with Crippen molar-refractivity contribution in [3.63, 3.8) is 0 Å². The summed E-state index contributed by atoms with van der Waals surface area (Å²) in [6, 6.07) is 15.2. The maximum Gasteiger partial charge on any atom is 0.204 e. The van der Waals surface area contributed by atoms with Crippen molar-refractivity contribution >= 4 is 0 Å². The smallest absolute Gasteiger partial charge is 0.204 e. The number of hydrogen-bond donors (Lipinski definition) is 0. The van der Waals surface area contributed by atoms with E-state index in [-0.39, 0.29) is 123 Å². The molecule has 0 bridgehead atoms. The van der Waals surface area contributed by atoms with Crippen LogP contribution in [0.1, 0.15) is 363 Å². The zero-order valence-corrected chi connectivity index (χ0v) is 88.8. The molecule has 0 N–H and O–H groups in total. The summed E-state index contributed by atoms with van der Waals surface area (Å²) >= 11 is 0. The zero-order chi connectivity index (χ0) is 103. The first kappa shape index (κ1) is 110. The van der Waals surface area contributed by atoms with Gasteiger partial charge in [-0.15, -0.1) is 0 Å². The lowest BCUT2D eigenvalue weighted by atomic mass is 9.69. The Balaban J connectivity index is 0.000000223. The summed E-state index contributed by atoms with van der Waals surface area (Å²) in [6.07, 6.45) is 47.6. The third-order valence-electron chi connectivity index (χ3n) is 35.6. The molecule has 23 heteroatoms. The van der Waals surface area contributed by atoms with E-state index in [1.807, 2.05) is 40.7 Å². The van der Waals surface area contributed by atoms with Gasteiger partial charge < -0.3 is 52.1 Å². The van der Waals surface area contributed by atoms with E-state index in [0.717, 1.165) is 184 Å². The predicted molar refractivity (Wildman–Crippen MR) is 566 cm³/mol. The van der Waals surface area contributed by atoms with Crippen molar-refractivity contribution in [1.29, 1.82) is 0 Å². The number of ether oxygens (including phenoxy) is 11. The van der Waals surface area contributed by atoms with E-state index < -0.39 is 58.2 Å². The summed E-state index contributed by atoms with van der Waals surface area (Å²) in [4.78, 5) is 0. The number of hydrogen-bond acceptors (Lipinski definition) is 11. The van der Waals surface area contributed by atoms with Crippen molar-refractivity contribution in [2.75, 3.05) is 33.0 Å². The molecule has 8 fully saturated rings. The van der Waals surface area contributed by atoms with Gasteiger partial charge in [0, 0.05) is 50.4 Å². The topological polar surface area (TPSA) is 102 Å². The monoisotopic (exact) mass is 2060 g/mol. The van der Waals surface area contributed by atoms with Crippen molar-refractivity contribution in [1.82, 2.24) is 0 Å². The highest BCUT2D eigenvalue weighted by molar-refractivity contribution is 5.76. The first-order valence-electron chi connectivity index (χ1n) is 56.4. The van der Waals surface area contributed by atoms with Gasteiger partial charge in [-0.2, -0.15) is 43.9 Å². The van der Waals surface area contributed by atoms with Gasteiger partial charge in [0.25, 0.3) is 0 Å². The Labute approximate surface area is 872 Å². The molecule has 11 nitrogen and oxygen atoms in total. The van der Waals surface area contributed by atoms with Gasteiger partial charge in [-0.1, -0.05) is 123 Å². The van der Waals surface area contributed by atoms with E-state index in [1.165, 1.54) is 141 Å². The third-order valence-corrected chi connectivity index (χ3v) is 35.6. The van der Waals surface area contributed by atoms with E-state index in [0.29, 0.717) is 128 Å². The maximum absolute atomic E-state index is 14.4. The molecule has 0 radical (unpaired) electrons. The molecule has 8 saturated carbocycles. The van der Waals surface area contributed by atoms with Crippen LogP contribution in [0.3, 0.4) is 0 Å². The highest BCUT2D eigenvalue weighted by atomic mass is 19.2. The molecule has 6 heterocycles. The second-order valence-electron chi connectivity index (χ2n) is 47.1. The summed E-state index contributed by atoms with van der Waals surface area (Å²) < 4.78 is 232. The number of rotatable bonds is 18. The van der Waals surface area contributed by atoms with Crippen molar-refractivity contribution in [3.8, 4) is 74.4 Å². The van der Waals surface area contributed by atoms with Crippen molar-refractivity contribution in [2.24, 2.45) is 94.7 Å². The van der Waals surface area contributed by atoms with Gasteiger partial charge in [-0.3, -0.25) is 0 Å². The minimum Gasteiger partial charge on any atom is -0.490 e. The van der Waals surface area contributed by atoms with E-state index in [4.69, 9.17) is 52.1 Å². The Morgan fingerprint density at radius 3 is 0.658 bits per heavy atom. The lowest BCUT2D eigenvalue weighted by Gasteiger charge is -2.37. The average molecular weight is 2060 g/mol. The van der Waals surface area contributed by atoms with Crippen molar-refractivity contribution in [2.45, 2.75) is 390 Å². The fourth-order valence-corrected chi connectivity index (χ4v) is 25.4. The fourth-order valence-electron chi connectivity index (χ4n) is 25.4. The largest absolute Gasteiger partial charge is 0.490 e. The fraction of sp³-hybridized carbons (Fsp3) is 0.659. The second kappa shape index (κ2) is 51.1. The molecule has 21 rings (SSSR count). The van der Waals surface area contributed by atoms with E-state index in [1.54, 1.807) is 62.4 Å². The summed E-state index contributed by atoms with van der Waals surface area (Å²) in [5.41, 5.74) is 6.56. The lowest BCUT2D eigenvalue weighted by molar-refractivity contribution is 0.123. The van der Waals surface area contributed by atoms with Crippen LogP contribution in [0, 0.1) is 178 Å². The van der Waals surface area contributed by atoms with Gasteiger partial charge in [0.15, 0.2) is 69.1 Å². The summed E-state index contributed by atoms with van der Waals surface area (Å²) in [5, 5.41) is 0. The second-order valence-corrected chi connectivity index (χ2v) is 47.1. The van der Waals surface area contributed by atoms with Gasteiger partial charge in [0.1, 0.15) is 12.4 Å². The molecule has 7 aromatic rings. The maximum atomic E-state index is 14.4. The first-order valence-corrected chi connectivity index (χ1v) is 56.4. The number of aryl methyl sites for hydroxylation is 7. The normalized spacial score (nSPS) is 29.0. The van der Waals surface area contributed by atoms with E-state index >= 15 is 0 Å². The van der Waals surface area contributed by atoms with Gasteiger partial charge in [0.2, 0.25) is 58.2 Å². The molecule has 5 atom stereocenters. The van der Waals surface area contributed by atoms with Crippen molar-refractivity contribution < 1.29 is 116 Å². The van der Waals surface area contributed by atoms with Crippen LogP contribution >= 0.6 is 0 Å². The number of fused-ring (bicyclic) bond motifs is 8. The predicted octanol–water partition coefficient (Wildman–Crippen LogP) is 35.9. The lowest BCUT2D eigenvalue weighted by Crippen LogP contribution is -2.27. The van der Waals surface area contributed by atoms with Crippen LogP contribution in [0.2, 0.25) is 0 Å². The summed E-state index contributed by atoms with van der Waals surface area (Å²) in [6.45, 7) is 26.9. The van der Waals surface area contributed by atoms with Gasteiger partial charge >= 0.3 is 0 Å².